The number of benzene rings is 1. The minimum atomic E-state index is -1.28. The molecule has 0 aliphatic carbocycles. The van der Waals surface area contributed by atoms with Crippen molar-refractivity contribution in [3.05, 3.63) is 39.8 Å². The number of hydrogen-bond acceptors (Lipinski definition) is 6. The molecule has 2 unspecified atom stereocenters. The number of aliphatic hydroxyl groups is 2. The Balaban J connectivity index is 2.91. The van der Waals surface area contributed by atoms with Gasteiger partial charge in [0.1, 0.15) is 6.10 Å². The van der Waals surface area contributed by atoms with Crippen molar-refractivity contribution in [1.29, 1.82) is 0 Å². The summed E-state index contributed by atoms with van der Waals surface area (Å²) in [6.45, 7) is 1.96. The highest BCUT2D eigenvalue weighted by molar-refractivity contribution is 5.90. The molecule has 1 rings (SSSR count). The molecule has 1 aromatic carbocycles. The van der Waals surface area contributed by atoms with Gasteiger partial charge in [-0.1, -0.05) is 5.11 Å². The molecule has 0 heterocycles. The Hall–Kier alpha value is -2.28. The summed E-state index contributed by atoms with van der Waals surface area (Å²) < 4.78 is 4.86. The van der Waals surface area contributed by atoms with E-state index in [1.807, 2.05) is 0 Å². The number of azide groups is 1. The smallest absolute Gasteiger partial charge is 0.338 e. The van der Waals surface area contributed by atoms with Crippen LogP contribution in [-0.4, -0.2) is 35.4 Å². The van der Waals surface area contributed by atoms with Crippen LogP contribution in [0.1, 0.15) is 35.4 Å². The molecular formula is C13H18N4O4. The van der Waals surface area contributed by atoms with Crippen LogP contribution in [-0.2, 0) is 4.74 Å². The predicted molar refractivity (Wildman–Crippen MR) is 76.4 cm³/mol. The van der Waals surface area contributed by atoms with Crippen LogP contribution >= 0.6 is 0 Å². The van der Waals surface area contributed by atoms with Crippen LogP contribution in [0.5, 0.6) is 0 Å². The van der Waals surface area contributed by atoms with E-state index < -0.39 is 18.2 Å². The number of aliphatic hydroxyl groups excluding tert-OH is 2. The summed E-state index contributed by atoms with van der Waals surface area (Å²) in [6, 6.07) is 4.33. The largest absolute Gasteiger partial charge is 0.462 e. The van der Waals surface area contributed by atoms with Crippen molar-refractivity contribution in [2.24, 2.45) is 5.11 Å². The summed E-state index contributed by atoms with van der Waals surface area (Å²) in [5.41, 5.74) is 14.6. The van der Waals surface area contributed by atoms with Gasteiger partial charge in [-0.2, -0.15) is 0 Å². The van der Waals surface area contributed by atoms with Crippen molar-refractivity contribution in [3.63, 3.8) is 0 Å². The molecule has 2 atom stereocenters. The zero-order chi connectivity index (χ0) is 15.8. The molecular weight excluding hydrogens is 276 g/mol. The number of ether oxygens (including phenoxy) is 1. The monoisotopic (exact) mass is 294 g/mol. The first-order valence-electron chi connectivity index (χ1n) is 6.44. The minimum absolute atomic E-state index is 0.0478. The Morgan fingerprint density at radius 3 is 2.86 bits per heavy atom. The van der Waals surface area contributed by atoms with Gasteiger partial charge in [-0.15, -0.1) is 0 Å². The molecule has 0 aliphatic heterocycles. The first-order valence-corrected chi connectivity index (χ1v) is 6.44. The lowest BCUT2D eigenvalue weighted by Crippen LogP contribution is -2.20. The topological polar surface area (TPSA) is 142 Å². The molecule has 0 aliphatic rings. The summed E-state index contributed by atoms with van der Waals surface area (Å²) in [5.74, 6) is -0.533. The Kier molecular flexibility index (Phi) is 6.48. The second kappa shape index (κ2) is 8.11. The summed E-state index contributed by atoms with van der Waals surface area (Å²) >= 11 is 0. The number of nitrogen functional groups attached to an aromatic ring is 1. The Morgan fingerprint density at radius 2 is 2.24 bits per heavy atom. The van der Waals surface area contributed by atoms with Gasteiger partial charge >= 0.3 is 5.97 Å². The normalized spacial score (nSPS) is 13.1. The third-order valence-electron chi connectivity index (χ3n) is 2.87. The van der Waals surface area contributed by atoms with E-state index in [0.29, 0.717) is 0 Å². The van der Waals surface area contributed by atoms with E-state index in [-0.39, 0.29) is 36.4 Å². The molecule has 0 aromatic heterocycles. The van der Waals surface area contributed by atoms with Gasteiger partial charge < -0.3 is 20.7 Å². The molecule has 8 heteroatoms. The van der Waals surface area contributed by atoms with Gasteiger partial charge in [0.05, 0.1) is 18.3 Å². The second-order valence-corrected chi connectivity index (χ2v) is 4.32. The number of rotatable bonds is 7. The molecule has 0 saturated carbocycles. The highest BCUT2D eigenvalue weighted by Gasteiger charge is 2.21. The van der Waals surface area contributed by atoms with E-state index in [0.717, 1.165) is 0 Å². The van der Waals surface area contributed by atoms with Crippen molar-refractivity contribution in [3.8, 4) is 0 Å². The molecule has 8 nitrogen and oxygen atoms in total. The van der Waals surface area contributed by atoms with Crippen molar-refractivity contribution in [1.82, 2.24) is 0 Å². The van der Waals surface area contributed by atoms with Gasteiger partial charge in [0.25, 0.3) is 0 Å². The molecule has 4 N–H and O–H groups in total. The first-order chi connectivity index (χ1) is 10.0. The third kappa shape index (κ3) is 4.64. The van der Waals surface area contributed by atoms with E-state index in [2.05, 4.69) is 10.0 Å². The van der Waals surface area contributed by atoms with E-state index in [4.69, 9.17) is 16.0 Å². The van der Waals surface area contributed by atoms with Gasteiger partial charge in [0, 0.05) is 22.7 Å². The third-order valence-corrected chi connectivity index (χ3v) is 2.87. The number of carbonyl (C=O) groups excluding carboxylic acids is 1. The molecule has 114 valence electrons. The SMILES string of the molecule is CCOC(=O)c1ccc(N)c(C(O)C(O)CCN=[N+]=[N-])c1. The zero-order valence-electron chi connectivity index (χ0n) is 11.6. The lowest BCUT2D eigenvalue weighted by Gasteiger charge is -2.19. The van der Waals surface area contributed by atoms with Crippen LogP contribution < -0.4 is 5.73 Å². The fourth-order valence-corrected chi connectivity index (χ4v) is 1.77. The minimum Gasteiger partial charge on any atom is -0.462 e. The van der Waals surface area contributed by atoms with E-state index in [1.54, 1.807) is 6.92 Å². The molecule has 1 aromatic rings. The standard InChI is InChI=1S/C13H18N4O4/c1-2-21-13(20)8-3-4-10(14)9(7-8)12(19)11(18)5-6-16-17-15/h3-4,7,11-12,18-19H,2,5-6,14H2,1H3. The molecule has 0 fully saturated rings. The fourth-order valence-electron chi connectivity index (χ4n) is 1.77. The van der Waals surface area contributed by atoms with Crippen LogP contribution in [0, 0.1) is 0 Å². The Morgan fingerprint density at radius 1 is 1.52 bits per heavy atom. The maximum atomic E-state index is 11.6. The van der Waals surface area contributed by atoms with Crippen molar-refractivity contribution in [2.75, 3.05) is 18.9 Å². The molecule has 0 bridgehead atoms. The van der Waals surface area contributed by atoms with E-state index >= 15 is 0 Å². The van der Waals surface area contributed by atoms with Crippen LogP contribution in [0.2, 0.25) is 0 Å². The average molecular weight is 294 g/mol. The van der Waals surface area contributed by atoms with E-state index in [9.17, 15) is 15.0 Å². The van der Waals surface area contributed by atoms with Crippen molar-refractivity contribution >= 4 is 11.7 Å². The summed E-state index contributed by atoms with van der Waals surface area (Å²) in [5, 5.41) is 23.2. The van der Waals surface area contributed by atoms with Crippen LogP contribution in [0.4, 0.5) is 5.69 Å². The van der Waals surface area contributed by atoms with Crippen LogP contribution in [0.3, 0.4) is 0 Å². The quantitative estimate of drug-likeness (QED) is 0.230. The van der Waals surface area contributed by atoms with Gasteiger partial charge in [-0.3, -0.25) is 0 Å². The summed E-state index contributed by atoms with van der Waals surface area (Å²) in [4.78, 5) is 14.2. The molecule has 21 heavy (non-hydrogen) atoms. The fraction of sp³-hybridized carbons (Fsp3) is 0.462. The number of carbonyl (C=O) groups is 1. The molecule has 0 spiro atoms. The lowest BCUT2D eigenvalue weighted by molar-refractivity contribution is 0.0153. The summed E-state index contributed by atoms with van der Waals surface area (Å²) in [6.07, 6.45) is -2.36. The molecule has 0 radical (unpaired) electrons. The van der Waals surface area contributed by atoms with Gasteiger partial charge in [0.2, 0.25) is 0 Å². The van der Waals surface area contributed by atoms with Crippen LogP contribution in [0.15, 0.2) is 23.3 Å². The zero-order valence-corrected chi connectivity index (χ0v) is 11.6. The van der Waals surface area contributed by atoms with Gasteiger partial charge in [-0.05, 0) is 37.1 Å². The first kappa shape index (κ1) is 16.8. The Bertz CT molecular complexity index is 543. The second-order valence-electron chi connectivity index (χ2n) is 4.32. The lowest BCUT2D eigenvalue weighted by atomic mass is 9.98. The van der Waals surface area contributed by atoms with E-state index in [1.165, 1.54) is 18.2 Å². The number of esters is 1. The highest BCUT2D eigenvalue weighted by atomic mass is 16.5. The van der Waals surface area contributed by atoms with Crippen LogP contribution in [0.25, 0.3) is 10.4 Å². The maximum absolute atomic E-state index is 11.6. The van der Waals surface area contributed by atoms with Gasteiger partial charge in [-0.25, -0.2) is 4.79 Å². The number of hydrogen-bond donors (Lipinski definition) is 3. The Labute approximate surface area is 121 Å². The van der Waals surface area contributed by atoms with Gasteiger partial charge in [0.15, 0.2) is 0 Å². The highest BCUT2D eigenvalue weighted by Crippen LogP contribution is 2.26. The van der Waals surface area contributed by atoms with Crippen molar-refractivity contribution in [2.45, 2.75) is 25.6 Å². The average Bonchev–Trinajstić information content (AvgIpc) is 2.47. The molecule has 0 saturated heterocycles. The predicted octanol–water partition coefficient (Wildman–Crippen LogP) is 1.54. The summed E-state index contributed by atoms with van der Waals surface area (Å²) in [7, 11) is 0. The molecule has 0 amide bonds. The maximum Gasteiger partial charge on any atom is 0.338 e. The number of nitrogens with zero attached hydrogens (tertiary/aromatic N) is 3. The van der Waals surface area contributed by atoms with Crippen molar-refractivity contribution < 1.29 is 19.7 Å². The number of nitrogens with two attached hydrogens (primary N) is 1. The number of anilines is 1.